The summed E-state index contributed by atoms with van der Waals surface area (Å²) in [6, 6.07) is 0. The zero-order valence-electron chi connectivity index (χ0n) is 9.02. The van der Waals surface area contributed by atoms with Crippen molar-refractivity contribution in [2.45, 2.75) is 32.6 Å². The molecule has 0 heterocycles. The average molecular weight is 237 g/mol. The first-order valence-electron chi connectivity index (χ1n) is 4.85. The van der Waals surface area contributed by atoms with E-state index in [0.29, 0.717) is 0 Å². The van der Waals surface area contributed by atoms with Gasteiger partial charge in [0.25, 0.3) is 0 Å². The predicted molar refractivity (Wildman–Crippen MR) is 65.3 cm³/mol. The van der Waals surface area contributed by atoms with Crippen molar-refractivity contribution in [2.24, 2.45) is 5.73 Å². The molecule has 0 unspecified atom stereocenters. The van der Waals surface area contributed by atoms with E-state index in [0.717, 1.165) is 13.0 Å². The number of hydrazine groups is 1. The molecule has 0 atom stereocenters. The van der Waals surface area contributed by atoms with E-state index in [2.05, 4.69) is 23.1 Å². The molecule has 0 rings (SSSR count). The van der Waals surface area contributed by atoms with Gasteiger partial charge in [-0.05, 0) is 6.42 Å². The van der Waals surface area contributed by atoms with Gasteiger partial charge < -0.3 is 5.73 Å². The lowest BCUT2D eigenvalue weighted by atomic mass is 10.2. The highest BCUT2D eigenvalue weighted by Gasteiger charge is 1.94. The number of unbranched alkanes of at least 4 members (excludes halogenated alkanes) is 3. The predicted octanol–water partition coefficient (Wildman–Crippen LogP) is 0.501. The van der Waals surface area contributed by atoms with Crippen LogP contribution in [-0.2, 0) is 0 Å². The number of hydrogen-bond donors (Lipinski definition) is 6. The fourth-order valence-corrected chi connectivity index (χ4v) is 0.957. The third-order valence-electron chi connectivity index (χ3n) is 1.63. The number of nitrogens with one attached hydrogen (secondary N) is 5. The molecule has 0 aromatic heterocycles. The highest BCUT2D eigenvalue weighted by atomic mass is 35.5. The second-order valence-corrected chi connectivity index (χ2v) is 3.03. The maximum Gasteiger partial charge on any atom is 0.209 e. The van der Waals surface area contributed by atoms with Crippen molar-refractivity contribution in [3.8, 4) is 0 Å². The first-order valence-corrected chi connectivity index (χ1v) is 4.85. The van der Waals surface area contributed by atoms with Crippen LogP contribution in [0, 0.1) is 10.8 Å². The van der Waals surface area contributed by atoms with Gasteiger partial charge in [-0.2, -0.15) is 0 Å². The lowest BCUT2D eigenvalue weighted by molar-refractivity contribution is 0.574. The molecule has 6 nitrogen and oxygen atoms in total. The third-order valence-corrected chi connectivity index (χ3v) is 1.63. The molecule has 7 heteroatoms. The van der Waals surface area contributed by atoms with E-state index in [1.54, 1.807) is 0 Å². The first-order chi connectivity index (χ1) is 6.66. The fraction of sp³-hybridized carbons (Fsp3) is 0.750. The molecule has 0 saturated carbocycles. The van der Waals surface area contributed by atoms with Crippen molar-refractivity contribution in [3.05, 3.63) is 0 Å². The number of halogens is 1. The van der Waals surface area contributed by atoms with Gasteiger partial charge in [0.1, 0.15) is 0 Å². The summed E-state index contributed by atoms with van der Waals surface area (Å²) >= 11 is 0. The first kappa shape index (κ1) is 16.4. The van der Waals surface area contributed by atoms with Crippen molar-refractivity contribution in [1.29, 1.82) is 10.8 Å². The summed E-state index contributed by atoms with van der Waals surface area (Å²) in [5, 5.41) is 16.4. The average Bonchev–Trinajstić information content (AvgIpc) is 2.10. The molecule has 0 aliphatic heterocycles. The minimum Gasteiger partial charge on any atom is -0.370 e. The van der Waals surface area contributed by atoms with Crippen LogP contribution in [0.4, 0.5) is 0 Å². The molecule has 7 N–H and O–H groups in total. The van der Waals surface area contributed by atoms with Crippen LogP contribution in [0.1, 0.15) is 32.6 Å². The molecule has 90 valence electrons. The molecule has 0 aromatic rings. The maximum absolute atomic E-state index is 7.23. The Labute approximate surface area is 96.8 Å². The van der Waals surface area contributed by atoms with Crippen LogP contribution in [-0.4, -0.2) is 18.5 Å². The zero-order chi connectivity index (χ0) is 10.8. The molecule has 0 fully saturated rings. The summed E-state index contributed by atoms with van der Waals surface area (Å²) in [6.45, 7) is 2.97. The Balaban J connectivity index is 0. The summed E-state index contributed by atoms with van der Waals surface area (Å²) in [5.41, 5.74) is 10.5. The Bertz CT molecular complexity index is 184. The molecule has 0 saturated heterocycles. The van der Waals surface area contributed by atoms with E-state index in [1.807, 2.05) is 0 Å². The summed E-state index contributed by atoms with van der Waals surface area (Å²) in [6.07, 6.45) is 4.73. The van der Waals surface area contributed by atoms with E-state index in [4.69, 9.17) is 16.6 Å². The van der Waals surface area contributed by atoms with Crippen molar-refractivity contribution < 1.29 is 0 Å². The lowest BCUT2D eigenvalue weighted by Gasteiger charge is -2.09. The third kappa shape index (κ3) is 13.0. The lowest BCUT2D eigenvalue weighted by Crippen LogP contribution is -2.49. The molecular weight excluding hydrogens is 216 g/mol. The summed E-state index contributed by atoms with van der Waals surface area (Å²) in [7, 11) is 0. The van der Waals surface area contributed by atoms with Gasteiger partial charge in [-0.1, -0.05) is 26.2 Å². The van der Waals surface area contributed by atoms with E-state index in [9.17, 15) is 0 Å². The molecule has 0 aromatic carbocycles. The smallest absolute Gasteiger partial charge is 0.209 e. The molecule has 15 heavy (non-hydrogen) atoms. The fourth-order valence-electron chi connectivity index (χ4n) is 0.957. The molecule has 0 aliphatic carbocycles. The second-order valence-electron chi connectivity index (χ2n) is 3.03. The number of nitrogens with two attached hydrogens (primary N) is 1. The Morgan fingerprint density at radius 1 is 1.20 bits per heavy atom. The van der Waals surface area contributed by atoms with Crippen LogP contribution in [0.3, 0.4) is 0 Å². The molecular formula is C8H21ClN6. The quantitative estimate of drug-likeness (QED) is 0.175. The number of guanidine groups is 2. The molecule has 0 aliphatic rings. The Kier molecular flexibility index (Phi) is 12.1. The SMILES string of the molecule is CCCCCCNNC(=N)NC(=N)N.Cl. The van der Waals surface area contributed by atoms with Crippen LogP contribution < -0.4 is 21.9 Å². The minimum absolute atomic E-state index is 0. The van der Waals surface area contributed by atoms with Crippen LogP contribution in [0.15, 0.2) is 0 Å². The van der Waals surface area contributed by atoms with E-state index in [1.165, 1.54) is 19.3 Å². The normalized spacial score (nSPS) is 8.87. The molecule has 0 radical (unpaired) electrons. The van der Waals surface area contributed by atoms with Gasteiger partial charge in [-0.25, -0.2) is 5.43 Å². The van der Waals surface area contributed by atoms with Crippen LogP contribution in [0.25, 0.3) is 0 Å². The number of hydrogen-bond acceptors (Lipinski definition) is 3. The van der Waals surface area contributed by atoms with Gasteiger partial charge in [0.05, 0.1) is 0 Å². The van der Waals surface area contributed by atoms with E-state index < -0.39 is 0 Å². The minimum atomic E-state index is -0.240. The Hall–Kier alpha value is -1.01. The Morgan fingerprint density at radius 2 is 1.87 bits per heavy atom. The largest absolute Gasteiger partial charge is 0.370 e. The van der Waals surface area contributed by atoms with Crippen molar-refractivity contribution in [1.82, 2.24) is 16.2 Å². The Morgan fingerprint density at radius 3 is 2.40 bits per heavy atom. The van der Waals surface area contributed by atoms with E-state index in [-0.39, 0.29) is 24.3 Å². The van der Waals surface area contributed by atoms with Crippen molar-refractivity contribution >= 4 is 24.3 Å². The summed E-state index contributed by atoms with van der Waals surface area (Å²) < 4.78 is 0. The van der Waals surface area contributed by atoms with Crippen LogP contribution in [0.5, 0.6) is 0 Å². The van der Waals surface area contributed by atoms with Crippen LogP contribution in [0.2, 0.25) is 0 Å². The van der Waals surface area contributed by atoms with Gasteiger partial charge in [0.15, 0.2) is 5.96 Å². The van der Waals surface area contributed by atoms with Gasteiger partial charge in [-0.15, -0.1) is 12.4 Å². The highest BCUT2D eigenvalue weighted by Crippen LogP contribution is 1.96. The van der Waals surface area contributed by atoms with Gasteiger partial charge in [-0.3, -0.25) is 21.6 Å². The second kappa shape index (κ2) is 11.1. The monoisotopic (exact) mass is 236 g/mol. The van der Waals surface area contributed by atoms with Crippen LogP contribution >= 0.6 is 12.4 Å². The standard InChI is InChI=1S/C8H20N6.ClH/c1-2-3-4-5-6-12-14-8(11)13-7(9)10;/h12H,2-6H2,1H3,(H6,9,10,11,13,14);1H. The van der Waals surface area contributed by atoms with Gasteiger partial charge in [0, 0.05) is 6.54 Å². The molecule has 0 amide bonds. The van der Waals surface area contributed by atoms with Crippen molar-refractivity contribution in [2.75, 3.05) is 6.54 Å². The summed E-state index contributed by atoms with van der Waals surface area (Å²) in [5.74, 6) is -0.247. The maximum atomic E-state index is 7.23. The highest BCUT2D eigenvalue weighted by molar-refractivity contribution is 5.94. The summed E-state index contributed by atoms with van der Waals surface area (Å²) in [4.78, 5) is 0. The van der Waals surface area contributed by atoms with E-state index >= 15 is 0 Å². The molecule has 0 spiro atoms. The topological polar surface area (TPSA) is 110 Å². The number of rotatable bonds is 6. The molecule has 0 bridgehead atoms. The van der Waals surface area contributed by atoms with Gasteiger partial charge in [0.2, 0.25) is 5.96 Å². The van der Waals surface area contributed by atoms with Gasteiger partial charge >= 0.3 is 0 Å². The zero-order valence-corrected chi connectivity index (χ0v) is 9.84. The van der Waals surface area contributed by atoms with Crippen molar-refractivity contribution in [3.63, 3.8) is 0 Å².